The highest BCUT2D eigenvalue weighted by molar-refractivity contribution is 7.16. The maximum absolute atomic E-state index is 12.7. The van der Waals surface area contributed by atoms with Gasteiger partial charge in [-0.1, -0.05) is 30.3 Å². The normalized spacial score (nSPS) is 16.0. The van der Waals surface area contributed by atoms with Gasteiger partial charge in [-0.3, -0.25) is 4.79 Å². The van der Waals surface area contributed by atoms with Crippen molar-refractivity contribution in [3.8, 4) is 0 Å². The molecule has 0 saturated carbocycles. The van der Waals surface area contributed by atoms with E-state index in [1.165, 1.54) is 17.0 Å². The fourth-order valence-corrected chi connectivity index (χ4v) is 4.56. The summed E-state index contributed by atoms with van der Waals surface area (Å²) in [6, 6.07) is 16.3. The maximum atomic E-state index is 12.7. The molecule has 4 rings (SSSR count). The molecule has 2 heterocycles. The Morgan fingerprint density at radius 1 is 1.00 bits per heavy atom. The van der Waals surface area contributed by atoms with Crippen LogP contribution in [0.15, 0.2) is 64.8 Å². The maximum Gasteiger partial charge on any atom is 0.209 e. The summed E-state index contributed by atoms with van der Waals surface area (Å²) in [6.07, 6.45) is 4.06. The lowest BCUT2D eigenvalue weighted by Gasteiger charge is -2.15. The van der Waals surface area contributed by atoms with Crippen molar-refractivity contribution < 1.29 is 4.58 Å². The molecule has 0 unspecified atom stereocenters. The van der Waals surface area contributed by atoms with Crippen molar-refractivity contribution in [3.05, 3.63) is 81.3 Å². The molecule has 1 aliphatic rings. The van der Waals surface area contributed by atoms with Crippen LogP contribution < -0.4 is 5.43 Å². The van der Waals surface area contributed by atoms with E-state index in [0.29, 0.717) is 0 Å². The summed E-state index contributed by atoms with van der Waals surface area (Å²) in [7, 11) is 2.09. The molecular formula is C22H20NOS+. The van der Waals surface area contributed by atoms with Gasteiger partial charge in [0.2, 0.25) is 5.69 Å². The van der Waals surface area contributed by atoms with Crippen LogP contribution in [0.5, 0.6) is 0 Å². The van der Waals surface area contributed by atoms with Gasteiger partial charge in [0.25, 0.3) is 0 Å². The van der Waals surface area contributed by atoms with Crippen LogP contribution in [0.3, 0.4) is 0 Å². The Morgan fingerprint density at radius 3 is 2.52 bits per heavy atom. The summed E-state index contributed by atoms with van der Waals surface area (Å²) >= 11 is 1.61. The molecule has 124 valence electrons. The van der Waals surface area contributed by atoms with Gasteiger partial charge in [0.05, 0.1) is 5.41 Å². The Morgan fingerprint density at radius 2 is 1.72 bits per heavy atom. The molecule has 1 aromatic heterocycles. The summed E-state index contributed by atoms with van der Waals surface area (Å²) in [5.74, 6) is 0. The number of para-hydroxylation sites is 1. The first-order chi connectivity index (χ1) is 12.0. The quantitative estimate of drug-likeness (QED) is 0.599. The smallest absolute Gasteiger partial charge is 0.209 e. The summed E-state index contributed by atoms with van der Waals surface area (Å²) in [5, 5.41) is 2.75. The number of fused-ring (bicyclic) bond motifs is 2. The number of benzene rings is 2. The molecule has 0 spiro atoms. The minimum Gasteiger partial charge on any atom is -0.289 e. The first kappa shape index (κ1) is 16.0. The van der Waals surface area contributed by atoms with E-state index < -0.39 is 0 Å². The highest BCUT2D eigenvalue weighted by atomic mass is 32.1. The van der Waals surface area contributed by atoms with Gasteiger partial charge < -0.3 is 0 Å². The molecule has 0 atom stereocenters. The van der Waals surface area contributed by atoms with Crippen molar-refractivity contribution >= 4 is 38.9 Å². The lowest BCUT2D eigenvalue weighted by Crippen LogP contribution is -2.26. The number of hydrogen-bond donors (Lipinski definition) is 0. The zero-order chi connectivity index (χ0) is 17.6. The predicted molar refractivity (Wildman–Crippen MR) is 107 cm³/mol. The molecule has 0 saturated heterocycles. The minimum absolute atomic E-state index is 0.0782. The molecule has 0 radical (unpaired) electrons. The van der Waals surface area contributed by atoms with Crippen LogP contribution in [-0.4, -0.2) is 17.3 Å². The molecule has 0 amide bonds. The SMILES string of the molecule is C[N+]1=C(/C=C/c2csc3ccccc3c2=O)C(C)(C)c2ccccc21. The average Bonchev–Trinajstić information content (AvgIpc) is 2.82. The van der Waals surface area contributed by atoms with Gasteiger partial charge in [0, 0.05) is 38.7 Å². The standard InChI is InChI=1S/C22H20NOS/c1-22(2)17-9-5-6-10-18(17)23(3)20(22)13-12-15-14-25-19-11-7-4-8-16(19)21(15)24/h4-14H,1-3H3/q+1/b13-12+. The van der Waals surface area contributed by atoms with Crippen molar-refractivity contribution in [2.45, 2.75) is 19.3 Å². The van der Waals surface area contributed by atoms with Crippen LogP contribution in [0.25, 0.3) is 16.2 Å². The van der Waals surface area contributed by atoms with Crippen molar-refractivity contribution in [3.63, 3.8) is 0 Å². The molecule has 1 aliphatic heterocycles. The number of allylic oxidation sites excluding steroid dienone is 1. The van der Waals surface area contributed by atoms with Crippen molar-refractivity contribution in [1.82, 2.24) is 0 Å². The van der Waals surface area contributed by atoms with E-state index >= 15 is 0 Å². The van der Waals surface area contributed by atoms with E-state index in [4.69, 9.17) is 0 Å². The highest BCUT2D eigenvalue weighted by Gasteiger charge is 2.42. The third-order valence-electron chi connectivity index (χ3n) is 5.07. The monoisotopic (exact) mass is 346 g/mol. The molecule has 0 aliphatic carbocycles. The second kappa shape index (κ2) is 5.78. The van der Waals surface area contributed by atoms with Crippen LogP contribution in [0.4, 0.5) is 5.69 Å². The number of nitrogens with zero attached hydrogens (tertiary/aromatic N) is 1. The van der Waals surface area contributed by atoms with Gasteiger partial charge in [-0.25, -0.2) is 0 Å². The molecule has 0 bridgehead atoms. The van der Waals surface area contributed by atoms with Gasteiger partial charge in [-0.05, 0) is 32.1 Å². The van der Waals surface area contributed by atoms with Gasteiger partial charge in [0.1, 0.15) is 7.05 Å². The zero-order valence-corrected chi connectivity index (χ0v) is 15.4. The number of rotatable bonds is 2. The van der Waals surface area contributed by atoms with Gasteiger partial charge in [-0.15, -0.1) is 11.3 Å². The fourth-order valence-electron chi connectivity index (χ4n) is 3.68. The second-order valence-electron chi connectivity index (χ2n) is 6.94. The van der Waals surface area contributed by atoms with Crippen LogP contribution in [0.2, 0.25) is 0 Å². The molecule has 0 fully saturated rings. The van der Waals surface area contributed by atoms with Crippen molar-refractivity contribution in [2.75, 3.05) is 7.05 Å². The van der Waals surface area contributed by atoms with Gasteiger partial charge >= 0.3 is 0 Å². The second-order valence-corrected chi connectivity index (χ2v) is 7.85. The fraction of sp³-hybridized carbons (Fsp3) is 0.182. The predicted octanol–water partition coefficient (Wildman–Crippen LogP) is 4.98. The molecule has 2 aromatic carbocycles. The van der Waals surface area contributed by atoms with Gasteiger partial charge in [0.15, 0.2) is 11.1 Å². The molecule has 25 heavy (non-hydrogen) atoms. The van der Waals surface area contributed by atoms with E-state index in [1.54, 1.807) is 11.3 Å². The Hall–Kier alpha value is -2.52. The Bertz CT molecular complexity index is 1100. The molecular weight excluding hydrogens is 326 g/mol. The largest absolute Gasteiger partial charge is 0.289 e. The molecule has 2 nitrogen and oxygen atoms in total. The van der Waals surface area contributed by atoms with E-state index in [0.717, 1.165) is 15.6 Å². The highest BCUT2D eigenvalue weighted by Crippen LogP contribution is 2.39. The first-order valence-corrected chi connectivity index (χ1v) is 9.27. The third-order valence-corrected chi connectivity index (χ3v) is 6.05. The van der Waals surface area contributed by atoms with E-state index in [2.05, 4.69) is 55.8 Å². The number of hydrogen-bond acceptors (Lipinski definition) is 2. The summed E-state index contributed by atoms with van der Waals surface area (Å²) < 4.78 is 3.25. The molecule has 0 N–H and O–H groups in total. The van der Waals surface area contributed by atoms with Crippen LogP contribution in [0, 0.1) is 0 Å². The van der Waals surface area contributed by atoms with Crippen LogP contribution in [-0.2, 0) is 5.41 Å². The Balaban J connectivity index is 1.80. The Kier molecular flexibility index (Phi) is 3.69. The molecule has 3 aromatic rings. The zero-order valence-electron chi connectivity index (χ0n) is 14.6. The van der Waals surface area contributed by atoms with Crippen LogP contribution in [0.1, 0.15) is 25.0 Å². The van der Waals surface area contributed by atoms with E-state index in [1.807, 2.05) is 35.7 Å². The van der Waals surface area contributed by atoms with Gasteiger partial charge in [-0.2, -0.15) is 4.58 Å². The lowest BCUT2D eigenvalue weighted by atomic mass is 9.81. The summed E-state index contributed by atoms with van der Waals surface area (Å²) in [5.41, 5.74) is 4.52. The van der Waals surface area contributed by atoms with Crippen molar-refractivity contribution in [1.29, 1.82) is 0 Å². The van der Waals surface area contributed by atoms with Crippen molar-refractivity contribution in [2.24, 2.45) is 0 Å². The first-order valence-electron chi connectivity index (χ1n) is 8.39. The topological polar surface area (TPSA) is 20.1 Å². The van der Waals surface area contributed by atoms with Crippen LogP contribution >= 0.6 is 11.3 Å². The van der Waals surface area contributed by atoms with E-state index in [-0.39, 0.29) is 10.8 Å². The third kappa shape index (κ3) is 2.47. The lowest BCUT2D eigenvalue weighted by molar-refractivity contribution is -0.401. The summed E-state index contributed by atoms with van der Waals surface area (Å²) in [4.78, 5) is 12.7. The Labute approximate surface area is 151 Å². The average molecular weight is 346 g/mol. The molecule has 3 heteroatoms. The van der Waals surface area contributed by atoms with E-state index in [9.17, 15) is 4.79 Å². The minimum atomic E-state index is -0.0782. The summed E-state index contributed by atoms with van der Waals surface area (Å²) in [6.45, 7) is 4.46.